The van der Waals surface area contributed by atoms with Gasteiger partial charge in [0, 0.05) is 17.7 Å². The predicted octanol–water partition coefficient (Wildman–Crippen LogP) is 2.68. The summed E-state index contributed by atoms with van der Waals surface area (Å²) in [6, 6.07) is 14.8. The summed E-state index contributed by atoms with van der Waals surface area (Å²) in [5.74, 6) is 0.231. The van der Waals surface area contributed by atoms with Crippen molar-refractivity contribution in [2.24, 2.45) is 5.73 Å². The average molecular weight is 354 g/mol. The van der Waals surface area contributed by atoms with Gasteiger partial charge in [-0.1, -0.05) is 36.8 Å². The van der Waals surface area contributed by atoms with E-state index in [1.807, 2.05) is 30.3 Å². The molecule has 0 bridgehead atoms. The van der Waals surface area contributed by atoms with E-state index in [4.69, 9.17) is 10.5 Å². The van der Waals surface area contributed by atoms with Crippen molar-refractivity contribution < 1.29 is 14.6 Å². The fraction of sp³-hybridized carbons (Fsp3) is 0.381. The number of likely N-dealkylation sites (tertiary alicyclic amines) is 1. The smallest absolute Gasteiger partial charge is 0.248 e. The fourth-order valence-corrected chi connectivity index (χ4v) is 3.35. The number of hydrogen-bond acceptors (Lipinski definition) is 4. The van der Waals surface area contributed by atoms with Gasteiger partial charge in [-0.15, -0.1) is 0 Å². The van der Waals surface area contributed by atoms with Gasteiger partial charge in [-0.2, -0.15) is 0 Å². The van der Waals surface area contributed by atoms with Crippen LogP contribution < -0.4 is 10.5 Å². The summed E-state index contributed by atoms with van der Waals surface area (Å²) in [5.41, 5.74) is 7.58. The number of rotatable bonds is 7. The van der Waals surface area contributed by atoms with E-state index in [0.29, 0.717) is 17.9 Å². The van der Waals surface area contributed by atoms with E-state index in [9.17, 15) is 9.90 Å². The summed E-state index contributed by atoms with van der Waals surface area (Å²) in [6.07, 6.45) is 3.15. The predicted molar refractivity (Wildman–Crippen MR) is 102 cm³/mol. The van der Waals surface area contributed by atoms with Gasteiger partial charge in [0.2, 0.25) is 5.91 Å². The zero-order chi connectivity index (χ0) is 18.4. The zero-order valence-electron chi connectivity index (χ0n) is 14.9. The number of nitrogens with zero attached hydrogens (tertiary/aromatic N) is 1. The molecular weight excluding hydrogens is 328 g/mol. The maximum Gasteiger partial charge on any atom is 0.248 e. The highest BCUT2D eigenvalue weighted by molar-refractivity contribution is 5.94. The summed E-state index contributed by atoms with van der Waals surface area (Å²) in [5, 5.41) is 10.3. The molecule has 1 aliphatic rings. The minimum Gasteiger partial charge on any atom is -0.490 e. The molecule has 0 saturated carbocycles. The number of carbonyl (C=O) groups is 1. The third-order valence-corrected chi connectivity index (χ3v) is 4.69. The number of piperidine rings is 1. The van der Waals surface area contributed by atoms with Gasteiger partial charge >= 0.3 is 0 Å². The van der Waals surface area contributed by atoms with Crippen molar-refractivity contribution in [3.63, 3.8) is 0 Å². The van der Waals surface area contributed by atoms with Gasteiger partial charge < -0.3 is 20.5 Å². The molecule has 0 spiro atoms. The quantitative estimate of drug-likeness (QED) is 0.801. The number of nitrogens with two attached hydrogens (primary N) is 1. The maximum atomic E-state index is 11.4. The molecular formula is C21H26N2O3. The molecule has 3 N–H and O–H groups in total. The Kier molecular flexibility index (Phi) is 6.26. The number of carbonyl (C=O) groups excluding carboxylic acids is 1. The Morgan fingerprint density at radius 2 is 1.88 bits per heavy atom. The van der Waals surface area contributed by atoms with Crippen molar-refractivity contribution in [1.29, 1.82) is 0 Å². The second-order valence-electron chi connectivity index (χ2n) is 6.77. The molecule has 0 aromatic heterocycles. The SMILES string of the molecule is NC(=O)c1cccc(-c2ccccc2OC[C@H](O)CN2CCCCC2)c1. The topological polar surface area (TPSA) is 75.8 Å². The molecule has 0 aliphatic carbocycles. The van der Waals surface area contributed by atoms with Crippen LogP contribution in [-0.2, 0) is 0 Å². The molecule has 0 unspecified atom stereocenters. The number of amides is 1. The van der Waals surface area contributed by atoms with Crippen molar-refractivity contribution in [3.05, 3.63) is 54.1 Å². The van der Waals surface area contributed by atoms with Crippen LogP contribution in [0.2, 0.25) is 0 Å². The van der Waals surface area contributed by atoms with E-state index in [0.717, 1.165) is 24.2 Å². The molecule has 5 nitrogen and oxygen atoms in total. The summed E-state index contributed by atoms with van der Waals surface area (Å²) in [7, 11) is 0. The molecule has 1 atom stereocenters. The number of hydrogen-bond donors (Lipinski definition) is 2. The van der Waals surface area contributed by atoms with E-state index in [-0.39, 0.29) is 6.61 Å². The molecule has 1 aliphatic heterocycles. The lowest BCUT2D eigenvalue weighted by Crippen LogP contribution is -2.38. The van der Waals surface area contributed by atoms with Crippen LogP contribution in [0.5, 0.6) is 5.75 Å². The van der Waals surface area contributed by atoms with Crippen LogP contribution in [0.1, 0.15) is 29.6 Å². The first-order valence-electron chi connectivity index (χ1n) is 9.16. The van der Waals surface area contributed by atoms with E-state index in [1.165, 1.54) is 19.3 Å². The molecule has 1 fully saturated rings. The molecule has 5 heteroatoms. The third kappa shape index (κ3) is 4.84. The minimum atomic E-state index is -0.530. The van der Waals surface area contributed by atoms with Crippen molar-refractivity contribution in [1.82, 2.24) is 4.90 Å². The highest BCUT2D eigenvalue weighted by Crippen LogP contribution is 2.30. The highest BCUT2D eigenvalue weighted by atomic mass is 16.5. The molecule has 1 saturated heterocycles. The second kappa shape index (κ2) is 8.83. The van der Waals surface area contributed by atoms with Gasteiger partial charge in [0.1, 0.15) is 18.5 Å². The number of para-hydroxylation sites is 1. The monoisotopic (exact) mass is 354 g/mol. The maximum absolute atomic E-state index is 11.4. The normalized spacial score (nSPS) is 16.2. The van der Waals surface area contributed by atoms with Crippen molar-refractivity contribution in [3.8, 4) is 16.9 Å². The van der Waals surface area contributed by atoms with Gasteiger partial charge in [0.25, 0.3) is 0 Å². The van der Waals surface area contributed by atoms with Crippen LogP contribution in [0, 0.1) is 0 Å². The summed E-state index contributed by atoms with van der Waals surface area (Å²) in [4.78, 5) is 13.7. The highest BCUT2D eigenvalue weighted by Gasteiger charge is 2.16. The first-order valence-corrected chi connectivity index (χ1v) is 9.16. The number of aliphatic hydroxyl groups is 1. The Bertz CT molecular complexity index is 742. The second-order valence-corrected chi connectivity index (χ2v) is 6.77. The van der Waals surface area contributed by atoms with Crippen LogP contribution in [0.3, 0.4) is 0 Å². The van der Waals surface area contributed by atoms with Crippen molar-refractivity contribution >= 4 is 5.91 Å². The summed E-state index contributed by atoms with van der Waals surface area (Å²) < 4.78 is 5.90. The zero-order valence-corrected chi connectivity index (χ0v) is 14.9. The Hall–Kier alpha value is -2.37. The first kappa shape index (κ1) is 18.4. The van der Waals surface area contributed by atoms with Crippen molar-refractivity contribution in [2.45, 2.75) is 25.4 Å². The van der Waals surface area contributed by atoms with Gasteiger partial charge in [0.05, 0.1) is 0 Å². The van der Waals surface area contributed by atoms with Gasteiger partial charge in [-0.05, 0) is 49.7 Å². The molecule has 138 valence electrons. The van der Waals surface area contributed by atoms with Gasteiger partial charge in [-0.3, -0.25) is 4.79 Å². The molecule has 1 amide bonds. The summed E-state index contributed by atoms with van der Waals surface area (Å²) in [6.45, 7) is 2.98. The number of aliphatic hydroxyl groups excluding tert-OH is 1. The fourth-order valence-electron chi connectivity index (χ4n) is 3.35. The molecule has 2 aromatic rings. The summed E-state index contributed by atoms with van der Waals surface area (Å²) >= 11 is 0. The van der Waals surface area contributed by atoms with E-state index >= 15 is 0 Å². The third-order valence-electron chi connectivity index (χ3n) is 4.69. The lowest BCUT2D eigenvalue weighted by molar-refractivity contribution is 0.0619. The van der Waals surface area contributed by atoms with Crippen LogP contribution >= 0.6 is 0 Å². The molecule has 0 radical (unpaired) electrons. The van der Waals surface area contributed by atoms with Crippen molar-refractivity contribution in [2.75, 3.05) is 26.2 Å². The van der Waals surface area contributed by atoms with Crippen LogP contribution in [-0.4, -0.2) is 48.3 Å². The van der Waals surface area contributed by atoms with Crippen LogP contribution in [0.15, 0.2) is 48.5 Å². The number of ether oxygens (including phenoxy) is 1. The molecule has 26 heavy (non-hydrogen) atoms. The van der Waals surface area contributed by atoms with Crippen LogP contribution in [0.25, 0.3) is 11.1 Å². The molecule has 2 aromatic carbocycles. The first-order chi connectivity index (χ1) is 12.6. The minimum absolute atomic E-state index is 0.239. The number of benzene rings is 2. The number of β-amino-alcohol motifs (C(OH)–C–C–N with tert-alkyl or cyclic N) is 1. The Morgan fingerprint density at radius 1 is 1.12 bits per heavy atom. The number of primary amides is 1. The molecule has 1 heterocycles. The van der Waals surface area contributed by atoms with Gasteiger partial charge in [-0.25, -0.2) is 0 Å². The standard InChI is InChI=1S/C21H26N2O3/c22-21(25)17-8-6-7-16(13-17)19-9-2-3-10-20(19)26-15-18(24)14-23-11-4-1-5-12-23/h2-3,6-10,13,18,24H,1,4-5,11-12,14-15H2,(H2,22,25)/t18-/m1/s1. The molecule has 3 rings (SSSR count). The Morgan fingerprint density at radius 3 is 2.65 bits per heavy atom. The van der Waals surface area contributed by atoms with E-state index in [2.05, 4.69) is 4.90 Å². The lowest BCUT2D eigenvalue weighted by Gasteiger charge is -2.28. The van der Waals surface area contributed by atoms with E-state index in [1.54, 1.807) is 18.2 Å². The lowest BCUT2D eigenvalue weighted by atomic mass is 10.0. The largest absolute Gasteiger partial charge is 0.490 e. The van der Waals surface area contributed by atoms with Gasteiger partial charge in [0.15, 0.2) is 0 Å². The van der Waals surface area contributed by atoms with Crippen LogP contribution in [0.4, 0.5) is 0 Å². The Labute approximate surface area is 154 Å². The van der Waals surface area contributed by atoms with E-state index < -0.39 is 12.0 Å². The average Bonchev–Trinajstić information content (AvgIpc) is 2.67. The Balaban J connectivity index is 1.67.